The third-order valence-corrected chi connectivity index (χ3v) is 2.28. The van der Waals surface area contributed by atoms with Crippen molar-refractivity contribution >= 4 is 13.3 Å². The molecule has 0 unspecified atom stereocenters. The van der Waals surface area contributed by atoms with Gasteiger partial charge in [0.15, 0.2) is 0 Å². The van der Waals surface area contributed by atoms with Crippen LogP contribution in [0.3, 0.4) is 0 Å². The molecule has 0 saturated heterocycles. The topological polar surface area (TPSA) is 295 Å². The van der Waals surface area contributed by atoms with Crippen LogP contribution in [0.1, 0.15) is 5.56 Å². The van der Waals surface area contributed by atoms with Crippen molar-refractivity contribution in [3.8, 4) is 0 Å². The van der Waals surface area contributed by atoms with Crippen LogP contribution in [0.2, 0.25) is 0 Å². The van der Waals surface area contributed by atoms with Gasteiger partial charge in [-0.2, -0.15) is 0 Å². The molecule has 12 N–H and O–H groups in total. The Hall–Kier alpha value is 0.530. The molecule has 22 heavy (non-hydrogen) atoms. The van der Waals surface area contributed by atoms with Crippen molar-refractivity contribution in [1.82, 2.24) is 0 Å². The summed E-state index contributed by atoms with van der Waals surface area (Å²) in [4.78, 5) is 30.3. The first-order valence-electron chi connectivity index (χ1n) is 3.63. The van der Waals surface area contributed by atoms with E-state index in [-0.39, 0.29) is 103 Å². The van der Waals surface area contributed by atoms with Gasteiger partial charge in [-0.15, -0.1) is 0 Å². The summed E-state index contributed by atoms with van der Waals surface area (Å²) in [5, 5.41) is 10.2. The second-order valence-electron chi connectivity index (χ2n) is 2.69. The Morgan fingerprint density at radius 1 is 0.864 bits per heavy atom. The average molecular weight is 369 g/mol. The molecule has 0 fully saturated rings. The smallest absolute Gasteiger partial charge is 0.810 e. The molecule has 0 saturated carbocycles. The third-order valence-electron chi connectivity index (χ3n) is 1.52. The first-order chi connectivity index (χ1) is 6.38. The fourth-order valence-corrected chi connectivity index (χ4v) is 1.60. The molecule has 1 rings (SSSR count). The molecule has 124 valence electrons. The van der Waals surface area contributed by atoms with Crippen LogP contribution in [0.15, 0.2) is 24.3 Å². The summed E-state index contributed by atoms with van der Waals surface area (Å²) in [7, 11) is -4.60. The normalized spacial score (nSPS) is 7.18. The average Bonchev–Trinajstić information content (AvgIpc) is 2.02. The van der Waals surface area contributed by atoms with E-state index in [0.29, 0.717) is 0 Å². The molecular formula is C7H18NNa2O11P. The van der Waals surface area contributed by atoms with E-state index < -0.39 is 18.7 Å². The Morgan fingerprint density at radius 2 is 1.18 bits per heavy atom. The van der Waals surface area contributed by atoms with Crippen LogP contribution >= 0.6 is 7.60 Å². The maximum Gasteiger partial charge on any atom is 1.00 e. The van der Waals surface area contributed by atoms with Gasteiger partial charge in [0.05, 0.1) is 4.92 Å². The maximum atomic E-state index is 10.4. The quantitative estimate of drug-likeness (QED) is 0.216. The fourth-order valence-electron chi connectivity index (χ4n) is 0.947. The van der Waals surface area contributed by atoms with E-state index in [1.807, 2.05) is 0 Å². The molecule has 0 aliphatic carbocycles. The first-order valence-corrected chi connectivity index (χ1v) is 5.36. The Labute approximate surface area is 169 Å². The van der Waals surface area contributed by atoms with Crippen molar-refractivity contribution in [3.63, 3.8) is 0 Å². The number of hydrogen-bond donors (Lipinski definition) is 0. The summed E-state index contributed by atoms with van der Waals surface area (Å²) in [5.74, 6) is 0. The Morgan fingerprint density at radius 3 is 1.41 bits per heavy atom. The summed E-state index contributed by atoms with van der Waals surface area (Å²) >= 11 is 0. The Balaban J connectivity index is -0.0000000408. The van der Waals surface area contributed by atoms with E-state index in [1.54, 1.807) is 0 Å². The number of hydrogen-bond acceptors (Lipinski definition) is 5. The monoisotopic (exact) mass is 369 g/mol. The van der Waals surface area contributed by atoms with Crippen LogP contribution < -0.4 is 68.9 Å². The van der Waals surface area contributed by atoms with E-state index in [9.17, 15) is 24.5 Å². The van der Waals surface area contributed by atoms with Crippen molar-refractivity contribution in [2.45, 2.75) is 6.16 Å². The third kappa shape index (κ3) is 20.5. The van der Waals surface area contributed by atoms with Gasteiger partial charge in [-0.1, -0.05) is 19.7 Å². The Bertz CT molecular complexity index is 398. The van der Waals surface area contributed by atoms with Crippen LogP contribution in [-0.2, 0) is 10.7 Å². The zero-order valence-corrected chi connectivity index (χ0v) is 16.8. The molecule has 0 heterocycles. The van der Waals surface area contributed by atoms with Crippen molar-refractivity contribution in [1.29, 1.82) is 0 Å². The minimum Gasteiger partial charge on any atom is -0.810 e. The summed E-state index contributed by atoms with van der Waals surface area (Å²) in [6, 6.07) is 4.82. The molecule has 0 aliphatic heterocycles. The SMILES string of the molecule is O.O.O.O.O.O.O=[N+]([O-])c1ccc(CP(=O)([O-])[O-])cc1.[Na+].[Na+]. The van der Waals surface area contributed by atoms with Gasteiger partial charge in [0, 0.05) is 18.3 Å². The molecule has 1 aromatic carbocycles. The van der Waals surface area contributed by atoms with Crippen molar-refractivity contribution in [2.24, 2.45) is 0 Å². The molecule has 0 aromatic heterocycles. The standard InChI is InChI=1S/C7H8NO5P.2Na.6H2O/c9-8(10)7-3-1-6(2-4-7)5-14(11,12)13;;;;;;;;/h1-4H,5H2,(H2,11,12,13);;;6*1H2/q;2*+1;;;;;;/p-2. The largest absolute Gasteiger partial charge is 1.00 e. The minimum absolute atomic E-state index is 0. The number of nitro groups is 1. The molecule has 0 radical (unpaired) electrons. The van der Waals surface area contributed by atoms with Crippen LogP contribution in [0, 0.1) is 10.1 Å². The zero-order valence-electron chi connectivity index (χ0n) is 12.0. The number of non-ortho nitro benzene ring substituents is 1. The van der Waals surface area contributed by atoms with Gasteiger partial charge in [-0.3, -0.25) is 10.1 Å². The van der Waals surface area contributed by atoms with Crippen LogP contribution in [-0.4, -0.2) is 37.8 Å². The van der Waals surface area contributed by atoms with Crippen molar-refractivity contribution < 1.29 is 111 Å². The molecule has 0 spiro atoms. The summed E-state index contributed by atoms with van der Waals surface area (Å²) in [6.07, 6.45) is -0.620. The van der Waals surface area contributed by atoms with Gasteiger partial charge >= 0.3 is 59.1 Å². The molecule has 12 nitrogen and oxygen atoms in total. The van der Waals surface area contributed by atoms with Gasteiger partial charge in [0.25, 0.3) is 5.69 Å². The van der Waals surface area contributed by atoms with Crippen LogP contribution in [0.25, 0.3) is 0 Å². The van der Waals surface area contributed by atoms with E-state index in [1.165, 1.54) is 12.1 Å². The van der Waals surface area contributed by atoms with Crippen LogP contribution in [0.4, 0.5) is 5.69 Å². The van der Waals surface area contributed by atoms with E-state index in [4.69, 9.17) is 0 Å². The van der Waals surface area contributed by atoms with Crippen LogP contribution in [0.5, 0.6) is 0 Å². The summed E-state index contributed by atoms with van der Waals surface area (Å²) in [6.45, 7) is 0. The predicted molar refractivity (Wildman–Crippen MR) is 66.1 cm³/mol. The number of benzene rings is 1. The van der Waals surface area contributed by atoms with Gasteiger partial charge < -0.3 is 47.2 Å². The van der Waals surface area contributed by atoms with E-state index in [2.05, 4.69) is 0 Å². The van der Waals surface area contributed by atoms with Crippen molar-refractivity contribution in [2.75, 3.05) is 0 Å². The summed E-state index contributed by atoms with van der Waals surface area (Å²) < 4.78 is 10.4. The minimum atomic E-state index is -4.60. The van der Waals surface area contributed by atoms with Gasteiger partial charge in [0.2, 0.25) is 0 Å². The fraction of sp³-hybridized carbons (Fsp3) is 0.143. The van der Waals surface area contributed by atoms with Gasteiger partial charge in [-0.25, -0.2) is 0 Å². The molecule has 0 aliphatic rings. The Kier molecular flexibility index (Phi) is 48.4. The predicted octanol–water partition coefficient (Wildman–Crippen LogP) is -10.9. The number of nitrogens with zero attached hydrogens (tertiary/aromatic N) is 1. The van der Waals surface area contributed by atoms with E-state index in [0.717, 1.165) is 12.1 Å². The molecule has 1 aromatic rings. The van der Waals surface area contributed by atoms with Gasteiger partial charge in [-0.05, 0) is 5.56 Å². The second-order valence-corrected chi connectivity index (χ2v) is 4.23. The van der Waals surface area contributed by atoms with Gasteiger partial charge in [0.1, 0.15) is 0 Å². The zero-order chi connectivity index (χ0) is 10.8. The molecule has 15 heteroatoms. The summed E-state index contributed by atoms with van der Waals surface area (Å²) in [5.41, 5.74) is 0.115. The number of rotatable bonds is 3. The van der Waals surface area contributed by atoms with Crippen molar-refractivity contribution in [3.05, 3.63) is 39.9 Å². The number of nitro benzene ring substituents is 1. The first kappa shape index (κ1) is 49.5. The molecular weight excluding hydrogens is 351 g/mol. The molecule has 0 amide bonds. The molecule has 0 atom stereocenters. The van der Waals surface area contributed by atoms with E-state index >= 15 is 0 Å². The second kappa shape index (κ2) is 21.5. The molecule has 0 bridgehead atoms. The maximum absolute atomic E-state index is 10.4.